The Kier molecular flexibility index (Phi) is 5.66. The highest BCUT2D eigenvalue weighted by Gasteiger charge is 2.35. The largest absolute Gasteiger partial charge is 0.647 e. The molecule has 0 N–H and O–H groups in total. The summed E-state index contributed by atoms with van der Waals surface area (Å²) in [4.78, 5) is 8.34. The van der Waals surface area contributed by atoms with Crippen molar-refractivity contribution in [2.75, 3.05) is 0 Å². The zero-order valence-electron chi connectivity index (χ0n) is 17.1. The molecule has 5 rings (SSSR count). The lowest BCUT2D eigenvalue weighted by Crippen LogP contribution is -2.08. The maximum atomic E-state index is 13.9. The standard InChI is InChI=1S/C24H17N2O6P/c27-33(30-19-7-3-1-4-8-19,31-20-9-5-2-6-10-20)32-22-17-18(23-25-13-15-28-23)11-12-21(22)24-26-14-16-29-24/h1-17H. The molecule has 0 saturated heterocycles. The summed E-state index contributed by atoms with van der Waals surface area (Å²) >= 11 is 0. The van der Waals surface area contributed by atoms with Crippen molar-refractivity contribution in [3.8, 4) is 40.2 Å². The molecule has 164 valence electrons. The van der Waals surface area contributed by atoms with Crippen LogP contribution in [0.25, 0.3) is 22.9 Å². The lowest BCUT2D eigenvalue weighted by molar-refractivity contribution is 0.298. The number of hydrogen-bond acceptors (Lipinski definition) is 8. The van der Waals surface area contributed by atoms with Gasteiger partial charge in [-0.15, -0.1) is 0 Å². The first-order valence-corrected chi connectivity index (χ1v) is 11.4. The summed E-state index contributed by atoms with van der Waals surface area (Å²) in [7, 11) is -4.23. The Hall–Kier alpha value is -4.29. The van der Waals surface area contributed by atoms with E-state index in [0.29, 0.717) is 28.5 Å². The molecule has 0 radical (unpaired) electrons. The molecule has 0 spiro atoms. The molecule has 0 atom stereocenters. The van der Waals surface area contributed by atoms with Crippen LogP contribution in [-0.2, 0) is 4.57 Å². The molecule has 0 fully saturated rings. The van der Waals surface area contributed by atoms with Crippen LogP contribution in [0.5, 0.6) is 17.2 Å². The summed E-state index contributed by atoms with van der Waals surface area (Å²) in [6, 6.07) is 22.3. The quantitative estimate of drug-likeness (QED) is 0.238. The molecule has 0 aliphatic rings. The van der Waals surface area contributed by atoms with Gasteiger partial charge in [0.2, 0.25) is 11.8 Å². The maximum Gasteiger partial charge on any atom is 0.647 e. The van der Waals surface area contributed by atoms with Crippen molar-refractivity contribution in [2.24, 2.45) is 0 Å². The smallest absolute Gasteiger partial charge is 0.445 e. The summed E-state index contributed by atoms with van der Waals surface area (Å²) in [6.45, 7) is 0. The number of hydrogen-bond donors (Lipinski definition) is 0. The Morgan fingerprint density at radius 2 is 1.24 bits per heavy atom. The highest BCUT2D eigenvalue weighted by molar-refractivity contribution is 7.49. The van der Waals surface area contributed by atoms with E-state index in [2.05, 4.69) is 9.97 Å². The normalized spacial score (nSPS) is 11.2. The van der Waals surface area contributed by atoms with Gasteiger partial charge in [-0.2, -0.15) is 4.57 Å². The molecule has 0 amide bonds. The molecule has 0 unspecified atom stereocenters. The van der Waals surface area contributed by atoms with Gasteiger partial charge in [0.05, 0.1) is 18.0 Å². The van der Waals surface area contributed by atoms with Crippen LogP contribution in [0.4, 0.5) is 0 Å². The zero-order valence-corrected chi connectivity index (χ0v) is 18.0. The molecule has 9 heteroatoms. The van der Waals surface area contributed by atoms with Gasteiger partial charge >= 0.3 is 7.82 Å². The Balaban J connectivity index is 1.57. The van der Waals surface area contributed by atoms with Crippen LogP contribution in [0.1, 0.15) is 0 Å². The van der Waals surface area contributed by atoms with E-state index in [9.17, 15) is 4.57 Å². The summed E-state index contributed by atoms with van der Waals surface area (Å²) in [5, 5.41) is 0. The van der Waals surface area contributed by atoms with E-state index < -0.39 is 7.82 Å². The second kappa shape index (κ2) is 9.06. The van der Waals surface area contributed by atoms with E-state index in [4.69, 9.17) is 22.4 Å². The van der Waals surface area contributed by atoms with Crippen molar-refractivity contribution < 1.29 is 27.0 Å². The van der Waals surface area contributed by atoms with Crippen LogP contribution in [0, 0.1) is 0 Å². The van der Waals surface area contributed by atoms with E-state index in [-0.39, 0.29) is 11.6 Å². The molecule has 8 nitrogen and oxygen atoms in total. The van der Waals surface area contributed by atoms with Gasteiger partial charge in [-0.25, -0.2) is 9.97 Å². The monoisotopic (exact) mass is 460 g/mol. The maximum absolute atomic E-state index is 13.9. The van der Waals surface area contributed by atoms with Gasteiger partial charge in [-0.3, -0.25) is 0 Å². The average Bonchev–Trinajstić information content (AvgIpc) is 3.55. The molecule has 33 heavy (non-hydrogen) atoms. The number of oxazole rings is 2. The lowest BCUT2D eigenvalue weighted by Gasteiger charge is -2.20. The van der Waals surface area contributed by atoms with Gasteiger partial charge in [0.15, 0.2) is 0 Å². The fourth-order valence-electron chi connectivity index (χ4n) is 3.03. The summed E-state index contributed by atoms with van der Waals surface area (Å²) in [5.74, 6) is 1.43. The number of rotatable bonds is 8. The van der Waals surface area contributed by atoms with Crippen LogP contribution in [0.15, 0.2) is 113 Å². The topological polar surface area (TPSA) is 96.8 Å². The molecule has 2 aromatic heterocycles. The second-order valence-electron chi connectivity index (χ2n) is 6.73. The minimum Gasteiger partial charge on any atom is -0.445 e. The van der Waals surface area contributed by atoms with Gasteiger partial charge in [0.25, 0.3) is 0 Å². The molecule has 0 aliphatic carbocycles. The van der Waals surface area contributed by atoms with Crippen LogP contribution in [0.2, 0.25) is 0 Å². The van der Waals surface area contributed by atoms with Crippen molar-refractivity contribution in [1.29, 1.82) is 0 Å². The Morgan fingerprint density at radius 1 is 0.667 bits per heavy atom. The van der Waals surface area contributed by atoms with Crippen molar-refractivity contribution in [3.05, 3.63) is 104 Å². The SMILES string of the molecule is O=P(Oc1ccccc1)(Oc1ccccc1)Oc1cc(-c2ncco2)ccc1-c1ncco1. The highest BCUT2D eigenvalue weighted by Crippen LogP contribution is 2.51. The Labute approximate surface area is 189 Å². The zero-order chi connectivity index (χ0) is 22.5. The van der Waals surface area contributed by atoms with Crippen LogP contribution < -0.4 is 13.6 Å². The second-order valence-corrected chi connectivity index (χ2v) is 8.17. The van der Waals surface area contributed by atoms with Crippen LogP contribution in [-0.4, -0.2) is 9.97 Å². The molecule has 0 bridgehead atoms. The first kappa shape index (κ1) is 20.6. The fourth-order valence-corrected chi connectivity index (χ4v) is 4.29. The third-order valence-corrected chi connectivity index (χ3v) is 5.74. The highest BCUT2D eigenvalue weighted by atomic mass is 31.2. The minimum atomic E-state index is -4.23. The molecule has 0 aliphatic heterocycles. The summed E-state index contributed by atoms with van der Waals surface area (Å²) in [6.07, 6.45) is 5.92. The number of para-hydroxylation sites is 2. The average molecular weight is 460 g/mol. The first-order valence-electron chi connectivity index (χ1n) is 9.91. The van der Waals surface area contributed by atoms with Gasteiger partial charge < -0.3 is 22.4 Å². The third-order valence-electron chi connectivity index (χ3n) is 4.45. The first-order chi connectivity index (χ1) is 16.2. The van der Waals surface area contributed by atoms with Crippen molar-refractivity contribution in [2.45, 2.75) is 0 Å². The molecule has 2 heterocycles. The number of phosphoric acid groups is 1. The predicted molar refractivity (Wildman–Crippen MR) is 120 cm³/mol. The fraction of sp³-hybridized carbons (Fsp3) is 0. The van der Waals surface area contributed by atoms with Crippen LogP contribution in [0.3, 0.4) is 0 Å². The van der Waals surface area contributed by atoms with E-state index >= 15 is 0 Å². The Morgan fingerprint density at radius 3 is 1.79 bits per heavy atom. The molecule has 5 aromatic rings. The third kappa shape index (κ3) is 4.81. The van der Waals surface area contributed by atoms with Crippen molar-refractivity contribution in [3.63, 3.8) is 0 Å². The van der Waals surface area contributed by atoms with Gasteiger partial charge in [0.1, 0.15) is 29.8 Å². The van der Waals surface area contributed by atoms with E-state index in [0.717, 1.165) is 0 Å². The number of aromatic nitrogens is 2. The lowest BCUT2D eigenvalue weighted by atomic mass is 10.1. The summed E-state index contributed by atoms with van der Waals surface area (Å²) in [5.41, 5.74) is 1.04. The van der Waals surface area contributed by atoms with Crippen molar-refractivity contribution in [1.82, 2.24) is 9.97 Å². The minimum absolute atomic E-state index is 0.156. The number of phosphoric ester groups is 1. The summed E-state index contributed by atoms with van der Waals surface area (Å²) < 4.78 is 42.1. The van der Waals surface area contributed by atoms with Crippen LogP contribution >= 0.6 is 7.82 Å². The number of benzene rings is 3. The molecule has 3 aromatic carbocycles. The van der Waals surface area contributed by atoms with E-state index in [1.54, 1.807) is 66.7 Å². The van der Waals surface area contributed by atoms with E-state index in [1.165, 1.54) is 24.9 Å². The van der Waals surface area contributed by atoms with Gasteiger partial charge in [0, 0.05) is 5.56 Å². The van der Waals surface area contributed by atoms with Crippen molar-refractivity contribution >= 4 is 7.82 Å². The molecular weight excluding hydrogens is 443 g/mol. The van der Waals surface area contributed by atoms with E-state index in [1.807, 2.05) is 12.1 Å². The molecular formula is C24H17N2O6P. The Bertz CT molecular complexity index is 1310. The predicted octanol–water partition coefficient (Wildman–Crippen LogP) is 6.64. The number of nitrogens with zero attached hydrogens (tertiary/aromatic N) is 2. The van der Waals surface area contributed by atoms with Gasteiger partial charge in [-0.05, 0) is 42.5 Å². The van der Waals surface area contributed by atoms with Gasteiger partial charge in [-0.1, -0.05) is 36.4 Å². The molecule has 0 saturated carbocycles.